The van der Waals surface area contributed by atoms with Gasteiger partial charge in [-0.15, -0.1) is 0 Å². The first-order valence-electron chi connectivity index (χ1n) is 5.95. The van der Waals surface area contributed by atoms with Crippen molar-refractivity contribution in [3.8, 4) is 5.75 Å². The average Bonchev–Trinajstić information content (AvgIpc) is 2.98. The molecular weight excluding hydrogens is 214 g/mol. The Kier molecular flexibility index (Phi) is 2.21. The third-order valence-electron chi connectivity index (χ3n) is 3.14. The molecule has 0 N–H and O–H groups in total. The first-order valence-corrected chi connectivity index (χ1v) is 5.95. The van der Waals surface area contributed by atoms with Gasteiger partial charge in [0.25, 0.3) is 0 Å². The van der Waals surface area contributed by atoms with Gasteiger partial charge in [0, 0.05) is 24.5 Å². The van der Waals surface area contributed by atoms with Crippen molar-refractivity contribution in [1.29, 1.82) is 0 Å². The Morgan fingerprint density at radius 1 is 1.41 bits per heavy atom. The molecule has 0 aliphatic heterocycles. The lowest BCUT2D eigenvalue weighted by molar-refractivity contribution is -0.131. The predicted octanol–water partition coefficient (Wildman–Crippen LogP) is 3.21. The number of esters is 1. The number of carbonyl (C=O) groups excluding carboxylic acids is 1. The lowest BCUT2D eigenvalue weighted by Crippen LogP contribution is -2.02. The second-order valence-electron chi connectivity index (χ2n) is 4.74. The number of hydrogen-bond donors (Lipinski definition) is 0. The molecule has 1 aliphatic rings. The standard InChI is InChI=1S/C14H15NO2/c1-9-7-13-12(14(8-9)17-10(2)16)5-6-15(13)11-3-4-11/h5-8,11H,3-4H2,1-2H3. The van der Waals surface area contributed by atoms with E-state index in [2.05, 4.69) is 16.8 Å². The normalized spacial score (nSPS) is 15.2. The second kappa shape index (κ2) is 3.62. The van der Waals surface area contributed by atoms with Gasteiger partial charge >= 0.3 is 5.97 Å². The molecule has 0 amide bonds. The van der Waals surface area contributed by atoms with Gasteiger partial charge in [-0.1, -0.05) is 0 Å². The van der Waals surface area contributed by atoms with Crippen molar-refractivity contribution < 1.29 is 9.53 Å². The highest BCUT2D eigenvalue weighted by Gasteiger charge is 2.25. The summed E-state index contributed by atoms with van der Waals surface area (Å²) >= 11 is 0. The highest BCUT2D eigenvalue weighted by atomic mass is 16.5. The molecule has 1 aliphatic carbocycles. The van der Waals surface area contributed by atoms with E-state index in [4.69, 9.17) is 4.74 Å². The van der Waals surface area contributed by atoms with Crippen LogP contribution in [-0.4, -0.2) is 10.5 Å². The van der Waals surface area contributed by atoms with E-state index in [1.807, 2.05) is 19.1 Å². The van der Waals surface area contributed by atoms with Crippen molar-refractivity contribution in [1.82, 2.24) is 4.57 Å². The fraction of sp³-hybridized carbons (Fsp3) is 0.357. The number of ether oxygens (including phenoxy) is 1. The Bertz CT molecular complexity index is 594. The number of nitrogens with zero attached hydrogens (tertiary/aromatic N) is 1. The van der Waals surface area contributed by atoms with Gasteiger partial charge in [0.15, 0.2) is 0 Å². The molecule has 0 spiro atoms. The SMILES string of the molecule is CC(=O)Oc1cc(C)cc2c1ccn2C1CC1. The molecule has 0 bridgehead atoms. The summed E-state index contributed by atoms with van der Waals surface area (Å²) in [6.07, 6.45) is 4.59. The smallest absolute Gasteiger partial charge is 0.308 e. The molecule has 0 saturated heterocycles. The number of hydrogen-bond acceptors (Lipinski definition) is 2. The van der Waals surface area contributed by atoms with Gasteiger partial charge in [0.2, 0.25) is 0 Å². The van der Waals surface area contributed by atoms with E-state index in [1.165, 1.54) is 25.3 Å². The molecule has 88 valence electrons. The molecule has 0 unspecified atom stereocenters. The zero-order valence-corrected chi connectivity index (χ0v) is 10.1. The monoisotopic (exact) mass is 229 g/mol. The number of carbonyl (C=O) groups is 1. The molecule has 3 nitrogen and oxygen atoms in total. The molecule has 0 radical (unpaired) electrons. The van der Waals surface area contributed by atoms with E-state index in [9.17, 15) is 4.79 Å². The van der Waals surface area contributed by atoms with E-state index in [0.717, 1.165) is 10.9 Å². The quantitative estimate of drug-likeness (QED) is 0.585. The van der Waals surface area contributed by atoms with Crippen LogP contribution in [-0.2, 0) is 4.79 Å². The van der Waals surface area contributed by atoms with Gasteiger partial charge in [-0.25, -0.2) is 0 Å². The van der Waals surface area contributed by atoms with Gasteiger partial charge in [0.05, 0.1) is 5.52 Å². The van der Waals surface area contributed by atoms with E-state index < -0.39 is 0 Å². The molecule has 3 rings (SSSR count). The van der Waals surface area contributed by atoms with Crippen molar-refractivity contribution in [3.63, 3.8) is 0 Å². The number of aryl methyl sites for hydroxylation is 1. The van der Waals surface area contributed by atoms with Crippen LogP contribution < -0.4 is 4.74 Å². The van der Waals surface area contributed by atoms with E-state index in [-0.39, 0.29) is 5.97 Å². The summed E-state index contributed by atoms with van der Waals surface area (Å²) < 4.78 is 7.56. The maximum absolute atomic E-state index is 11.1. The maximum atomic E-state index is 11.1. The summed E-state index contributed by atoms with van der Waals surface area (Å²) in [4.78, 5) is 11.1. The van der Waals surface area contributed by atoms with Crippen LogP contribution >= 0.6 is 0 Å². The Hall–Kier alpha value is -1.77. The molecule has 17 heavy (non-hydrogen) atoms. The highest BCUT2D eigenvalue weighted by Crippen LogP contribution is 2.39. The first kappa shape index (κ1) is 10.4. The summed E-state index contributed by atoms with van der Waals surface area (Å²) in [5.74, 6) is 0.406. The minimum Gasteiger partial charge on any atom is -0.426 e. The van der Waals surface area contributed by atoms with Crippen molar-refractivity contribution >= 4 is 16.9 Å². The van der Waals surface area contributed by atoms with Crippen LogP contribution in [0.15, 0.2) is 24.4 Å². The lowest BCUT2D eigenvalue weighted by Gasteiger charge is -2.07. The van der Waals surface area contributed by atoms with Crippen LogP contribution in [0.25, 0.3) is 10.9 Å². The Balaban J connectivity index is 2.18. The third-order valence-corrected chi connectivity index (χ3v) is 3.14. The van der Waals surface area contributed by atoms with Crippen LogP contribution in [0.4, 0.5) is 0 Å². The molecule has 3 heteroatoms. The highest BCUT2D eigenvalue weighted by molar-refractivity contribution is 5.89. The Labute approximate surface area is 100.0 Å². The van der Waals surface area contributed by atoms with Gasteiger partial charge in [-0.3, -0.25) is 4.79 Å². The largest absolute Gasteiger partial charge is 0.426 e. The van der Waals surface area contributed by atoms with Crippen LogP contribution in [0.5, 0.6) is 5.75 Å². The summed E-state index contributed by atoms with van der Waals surface area (Å²) in [5.41, 5.74) is 2.29. The van der Waals surface area contributed by atoms with Crippen molar-refractivity contribution in [3.05, 3.63) is 30.0 Å². The zero-order chi connectivity index (χ0) is 12.0. The second-order valence-corrected chi connectivity index (χ2v) is 4.74. The number of aromatic nitrogens is 1. The summed E-state index contributed by atoms with van der Waals surface area (Å²) in [6.45, 7) is 3.46. The van der Waals surface area contributed by atoms with E-state index >= 15 is 0 Å². The van der Waals surface area contributed by atoms with E-state index in [1.54, 1.807) is 0 Å². The lowest BCUT2D eigenvalue weighted by atomic mass is 10.1. The van der Waals surface area contributed by atoms with Crippen molar-refractivity contribution in [2.45, 2.75) is 32.7 Å². The molecule has 1 aromatic carbocycles. The number of benzene rings is 1. The van der Waals surface area contributed by atoms with Gasteiger partial charge in [-0.2, -0.15) is 0 Å². The maximum Gasteiger partial charge on any atom is 0.308 e. The van der Waals surface area contributed by atoms with Gasteiger partial charge in [0.1, 0.15) is 5.75 Å². The fourth-order valence-electron chi connectivity index (χ4n) is 2.27. The van der Waals surface area contributed by atoms with Gasteiger partial charge < -0.3 is 9.30 Å². The number of rotatable bonds is 2. The third kappa shape index (κ3) is 1.82. The molecule has 2 aromatic rings. The number of fused-ring (bicyclic) bond motifs is 1. The van der Waals surface area contributed by atoms with Crippen LogP contribution in [0, 0.1) is 6.92 Å². The predicted molar refractivity (Wildman–Crippen MR) is 66.3 cm³/mol. The molecule has 0 atom stereocenters. The Morgan fingerprint density at radius 2 is 2.18 bits per heavy atom. The zero-order valence-electron chi connectivity index (χ0n) is 10.1. The summed E-state index contributed by atoms with van der Waals surface area (Å²) in [7, 11) is 0. The summed E-state index contributed by atoms with van der Waals surface area (Å²) in [5, 5.41) is 1.03. The molecule has 1 saturated carbocycles. The first-order chi connectivity index (χ1) is 8.15. The van der Waals surface area contributed by atoms with Crippen molar-refractivity contribution in [2.75, 3.05) is 0 Å². The minimum atomic E-state index is -0.268. The van der Waals surface area contributed by atoms with Crippen LogP contribution in [0.1, 0.15) is 31.4 Å². The molecular formula is C14H15NO2. The summed E-state index contributed by atoms with van der Waals surface area (Å²) in [6, 6.07) is 6.74. The van der Waals surface area contributed by atoms with Gasteiger partial charge in [-0.05, 0) is 43.5 Å². The van der Waals surface area contributed by atoms with Crippen LogP contribution in [0.2, 0.25) is 0 Å². The van der Waals surface area contributed by atoms with Crippen LogP contribution in [0.3, 0.4) is 0 Å². The molecule has 1 aromatic heterocycles. The Morgan fingerprint density at radius 3 is 2.82 bits per heavy atom. The van der Waals surface area contributed by atoms with Crippen molar-refractivity contribution in [2.24, 2.45) is 0 Å². The molecule has 1 fully saturated rings. The minimum absolute atomic E-state index is 0.268. The fourth-order valence-corrected chi connectivity index (χ4v) is 2.27. The average molecular weight is 229 g/mol. The van der Waals surface area contributed by atoms with E-state index in [0.29, 0.717) is 11.8 Å². The topological polar surface area (TPSA) is 31.2 Å². The molecule has 1 heterocycles.